The number of hydrogen-bond donors (Lipinski definition) is 1. The molecule has 3 nitrogen and oxygen atoms in total. The molecule has 0 aromatic heterocycles. The van der Waals surface area contributed by atoms with E-state index in [1.807, 2.05) is 13.0 Å². The minimum absolute atomic E-state index is 0.00413. The highest BCUT2D eigenvalue weighted by molar-refractivity contribution is 6.74. The highest BCUT2D eigenvalue weighted by Gasteiger charge is 2.46. The Bertz CT molecular complexity index is 347. The largest absolute Gasteiger partial charge is 0.413 e. The summed E-state index contributed by atoms with van der Waals surface area (Å²) in [6.45, 7) is 16.9. The summed E-state index contributed by atoms with van der Waals surface area (Å²) < 4.78 is 6.34. The molecule has 0 bridgehead atoms. The van der Waals surface area contributed by atoms with E-state index in [0.29, 0.717) is 0 Å². The fourth-order valence-corrected chi connectivity index (χ4v) is 3.69. The first-order valence-corrected chi connectivity index (χ1v) is 10.1. The zero-order valence-corrected chi connectivity index (χ0v) is 14.2. The van der Waals surface area contributed by atoms with Crippen molar-refractivity contribution in [3.8, 4) is 0 Å². The number of hydrogen-bond acceptors (Lipinski definition) is 2. The molecular weight excluding hydrogens is 254 g/mol. The third-order valence-electron chi connectivity index (χ3n) is 4.54. The third-order valence-corrected chi connectivity index (χ3v) is 9.11. The monoisotopic (exact) mass is 283 g/mol. The van der Waals surface area contributed by atoms with Crippen LogP contribution in [0.15, 0.2) is 12.7 Å². The van der Waals surface area contributed by atoms with E-state index in [1.54, 1.807) is 0 Å². The maximum atomic E-state index is 11.8. The minimum atomic E-state index is -1.80. The number of allylic oxidation sites excluding steroid dienone is 1. The molecule has 0 unspecified atom stereocenters. The molecule has 0 aliphatic carbocycles. The Hall–Kier alpha value is -0.613. The van der Waals surface area contributed by atoms with Gasteiger partial charge in [-0.3, -0.25) is 4.79 Å². The van der Waals surface area contributed by atoms with Crippen LogP contribution in [0.3, 0.4) is 0 Å². The number of rotatable bonds is 6. The molecular formula is C15H29NO2Si. The van der Waals surface area contributed by atoms with Crippen LogP contribution in [-0.2, 0) is 9.22 Å². The normalized spacial score (nSPS) is 25.5. The first kappa shape index (κ1) is 16.4. The molecule has 0 spiro atoms. The van der Waals surface area contributed by atoms with Crippen molar-refractivity contribution in [3.05, 3.63) is 12.7 Å². The SMILES string of the molecule is C=CCC[C@H]1NC(=O)[C@@H]1[C@@H](C)O[Si](C)(C)C(C)(C)C. The fraction of sp³-hybridized carbons (Fsp3) is 0.800. The van der Waals surface area contributed by atoms with Gasteiger partial charge in [-0.2, -0.15) is 0 Å². The molecule has 1 fully saturated rings. The second-order valence-corrected chi connectivity index (χ2v) is 11.8. The lowest BCUT2D eigenvalue weighted by atomic mass is 9.83. The Balaban J connectivity index is 2.64. The van der Waals surface area contributed by atoms with Crippen molar-refractivity contribution in [1.29, 1.82) is 0 Å². The molecule has 1 aliphatic heterocycles. The summed E-state index contributed by atoms with van der Waals surface area (Å²) in [4.78, 5) is 11.8. The van der Waals surface area contributed by atoms with Crippen molar-refractivity contribution in [3.63, 3.8) is 0 Å². The van der Waals surface area contributed by atoms with Gasteiger partial charge in [-0.05, 0) is 37.9 Å². The Morgan fingerprint density at radius 3 is 2.47 bits per heavy atom. The maximum absolute atomic E-state index is 11.8. The zero-order chi connectivity index (χ0) is 14.8. The van der Waals surface area contributed by atoms with Crippen LogP contribution in [0, 0.1) is 5.92 Å². The van der Waals surface area contributed by atoms with E-state index < -0.39 is 8.32 Å². The summed E-state index contributed by atoms with van der Waals surface area (Å²) in [6.07, 6.45) is 3.81. The van der Waals surface area contributed by atoms with Crippen molar-refractivity contribution in [2.45, 2.75) is 70.8 Å². The number of nitrogens with one attached hydrogen (secondary N) is 1. The Morgan fingerprint density at radius 2 is 2.05 bits per heavy atom. The first-order valence-electron chi connectivity index (χ1n) is 7.19. The highest BCUT2D eigenvalue weighted by atomic mass is 28.4. The van der Waals surface area contributed by atoms with Gasteiger partial charge in [-0.25, -0.2) is 0 Å². The average molecular weight is 283 g/mol. The number of β-lactam (4-membered cyclic amide) rings is 1. The van der Waals surface area contributed by atoms with Crippen LogP contribution in [0.5, 0.6) is 0 Å². The van der Waals surface area contributed by atoms with E-state index in [0.717, 1.165) is 12.8 Å². The predicted octanol–water partition coefficient (Wildman–Crippen LogP) is 3.48. The van der Waals surface area contributed by atoms with Gasteiger partial charge in [-0.15, -0.1) is 6.58 Å². The summed E-state index contributed by atoms with van der Waals surface area (Å²) >= 11 is 0. The van der Waals surface area contributed by atoms with Crippen molar-refractivity contribution < 1.29 is 9.22 Å². The predicted molar refractivity (Wildman–Crippen MR) is 82.6 cm³/mol. The lowest BCUT2D eigenvalue weighted by Gasteiger charge is -2.45. The quantitative estimate of drug-likeness (QED) is 0.460. The zero-order valence-electron chi connectivity index (χ0n) is 13.2. The molecule has 1 heterocycles. The second-order valence-electron chi connectivity index (χ2n) is 7.09. The molecule has 1 rings (SSSR count). The van der Waals surface area contributed by atoms with Crippen LogP contribution in [0.1, 0.15) is 40.5 Å². The van der Waals surface area contributed by atoms with Crippen LogP contribution < -0.4 is 5.32 Å². The van der Waals surface area contributed by atoms with Gasteiger partial charge in [0.15, 0.2) is 8.32 Å². The molecule has 0 radical (unpaired) electrons. The molecule has 3 atom stereocenters. The lowest BCUT2D eigenvalue weighted by Crippen LogP contribution is -2.63. The topological polar surface area (TPSA) is 38.3 Å². The molecule has 110 valence electrons. The molecule has 4 heteroatoms. The summed E-state index contributed by atoms with van der Waals surface area (Å²) in [6, 6.07) is 0.255. The van der Waals surface area contributed by atoms with E-state index in [1.165, 1.54) is 0 Å². The van der Waals surface area contributed by atoms with E-state index in [2.05, 4.69) is 45.8 Å². The summed E-state index contributed by atoms with van der Waals surface area (Å²) in [5.74, 6) is 0.148. The van der Waals surface area contributed by atoms with Gasteiger partial charge in [0.25, 0.3) is 0 Å². The minimum Gasteiger partial charge on any atom is -0.413 e. The smallest absolute Gasteiger partial charge is 0.228 e. The fourth-order valence-electron chi connectivity index (χ4n) is 2.26. The third kappa shape index (κ3) is 3.69. The van der Waals surface area contributed by atoms with Crippen LogP contribution in [0.4, 0.5) is 0 Å². The molecule has 0 aromatic carbocycles. The Kier molecular flexibility index (Phi) is 5.01. The van der Waals surface area contributed by atoms with E-state index in [9.17, 15) is 4.79 Å². The van der Waals surface area contributed by atoms with Crippen LogP contribution in [0.2, 0.25) is 18.1 Å². The number of carbonyl (C=O) groups excluding carboxylic acids is 1. The summed E-state index contributed by atoms with van der Waals surface area (Å²) in [5, 5.41) is 3.16. The van der Waals surface area contributed by atoms with Gasteiger partial charge >= 0.3 is 0 Å². The standard InChI is InChI=1S/C15H29NO2Si/c1-8-9-10-12-13(14(17)16-12)11(2)18-19(6,7)15(3,4)5/h8,11-13H,1,9-10H2,2-7H3,(H,16,17)/t11-,12-,13-/m1/s1. The highest BCUT2D eigenvalue weighted by Crippen LogP contribution is 2.39. The van der Waals surface area contributed by atoms with Crippen LogP contribution >= 0.6 is 0 Å². The first-order chi connectivity index (χ1) is 8.60. The van der Waals surface area contributed by atoms with Crippen molar-refractivity contribution in [1.82, 2.24) is 5.32 Å². The van der Waals surface area contributed by atoms with E-state index in [-0.39, 0.29) is 29.0 Å². The van der Waals surface area contributed by atoms with Crippen molar-refractivity contribution in [2.24, 2.45) is 5.92 Å². The Morgan fingerprint density at radius 1 is 1.47 bits per heavy atom. The molecule has 1 amide bonds. The van der Waals surface area contributed by atoms with Crippen LogP contribution in [0.25, 0.3) is 0 Å². The second kappa shape index (κ2) is 5.79. The molecule has 1 aliphatic rings. The Labute approximate surface area is 118 Å². The van der Waals surface area contributed by atoms with Gasteiger partial charge in [0.05, 0.1) is 12.0 Å². The molecule has 19 heavy (non-hydrogen) atoms. The van der Waals surface area contributed by atoms with Gasteiger partial charge in [0.1, 0.15) is 0 Å². The molecule has 0 aromatic rings. The van der Waals surface area contributed by atoms with Gasteiger partial charge in [0.2, 0.25) is 5.91 Å². The summed E-state index contributed by atoms with van der Waals surface area (Å²) in [5.41, 5.74) is 0. The van der Waals surface area contributed by atoms with Gasteiger partial charge < -0.3 is 9.74 Å². The van der Waals surface area contributed by atoms with E-state index >= 15 is 0 Å². The van der Waals surface area contributed by atoms with Gasteiger partial charge in [0, 0.05) is 6.04 Å². The lowest BCUT2D eigenvalue weighted by molar-refractivity contribution is -0.140. The van der Waals surface area contributed by atoms with Crippen molar-refractivity contribution >= 4 is 14.2 Å². The molecule has 0 saturated carbocycles. The maximum Gasteiger partial charge on any atom is 0.228 e. The van der Waals surface area contributed by atoms with E-state index in [4.69, 9.17) is 4.43 Å². The molecule has 1 N–H and O–H groups in total. The number of carbonyl (C=O) groups is 1. The summed E-state index contributed by atoms with van der Waals surface area (Å²) in [7, 11) is -1.80. The number of amides is 1. The van der Waals surface area contributed by atoms with Crippen LogP contribution in [-0.4, -0.2) is 26.4 Å². The average Bonchev–Trinajstić information content (AvgIpc) is 2.20. The molecule has 1 saturated heterocycles. The van der Waals surface area contributed by atoms with Crippen molar-refractivity contribution in [2.75, 3.05) is 0 Å². The van der Waals surface area contributed by atoms with Gasteiger partial charge in [-0.1, -0.05) is 26.8 Å².